The summed E-state index contributed by atoms with van der Waals surface area (Å²) in [6.45, 7) is 5.94. The van der Waals surface area contributed by atoms with Crippen molar-refractivity contribution in [3.05, 3.63) is 34.8 Å². The van der Waals surface area contributed by atoms with Crippen LogP contribution in [0.4, 0.5) is 0 Å². The lowest BCUT2D eigenvalue weighted by Crippen LogP contribution is -2.33. The number of ether oxygens (including phenoxy) is 1. The van der Waals surface area contributed by atoms with E-state index in [-0.39, 0.29) is 0 Å². The highest BCUT2D eigenvalue weighted by atomic mass is 32.1. The Hall–Kier alpha value is -1.92. The Kier molecular flexibility index (Phi) is 6.04. The number of nitrogens with zero attached hydrogens (tertiary/aromatic N) is 2. The van der Waals surface area contributed by atoms with Gasteiger partial charge in [-0.3, -0.25) is 4.90 Å². The number of carbonyl (C=O) groups is 1. The molecule has 1 aromatic heterocycles. The molecule has 2 aromatic rings. The molecule has 1 fully saturated rings. The van der Waals surface area contributed by atoms with Crippen molar-refractivity contribution in [2.45, 2.75) is 32.6 Å². The second-order valence-electron chi connectivity index (χ2n) is 6.23. The zero-order chi connectivity index (χ0) is 17.6. The third-order valence-corrected chi connectivity index (χ3v) is 5.59. The van der Waals surface area contributed by atoms with E-state index < -0.39 is 5.97 Å². The summed E-state index contributed by atoms with van der Waals surface area (Å²) < 4.78 is 5.84. The van der Waals surface area contributed by atoms with Gasteiger partial charge in [0.1, 0.15) is 22.2 Å². The number of carboxylic acids is 1. The van der Waals surface area contributed by atoms with Gasteiger partial charge in [-0.25, -0.2) is 9.78 Å². The smallest absolute Gasteiger partial charge is 0.347 e. The Morgan fingerprint density at radius 3 is 2.56 bits per heavy atom. The molecular weight excluding hydrogens is 336 g/mol. The van der Waals surface area contributed by atoms with Crippen LogP contribution in [0.2, 0.25) is 0 Å². The van der Waals surface area contributed by atoms with Crippen LogP contribution < -0.4 is 4.74 Å². The summed E-state index contributed by atoms with van der Waals surface area (Å²) in [5.74, 6) is -0.0650. The van der Waals surface area contributed by atoms with Crippen LogP contribution in [0.5, 0.6) is 5.75 Å². The topological polar surface area (TPSA) is 62.7 Å². The molecule has 0 spiro atoms. The van der Waals surface area contributed by atoms with Gasteiger partial charge in [0.05, 0.1) is 5.69 Å². The van der Waals surface area contributed by atoms with Gasteiger partial charge in [0.25, 0.3) is 0 Å². The average molecular weight is 360 g/mol. The maximum atomic E-state index is 11.3. The number of thiazole rings is 1. The Morgan fingerprint density at radius 2 is 1.96 bits per heavy atom. The zero-order valence-corrected chi connectivity index (χ0v) is 15.3. The van der Waals surface area contributed by atoms with E-state index in [1.807, 2.05) is 31.2 Å². The van der Waals surface area contributed by atoms with Crippen LogP contribution in [-0.4, -0.2) is 47.2 Å². The SMILES string of the molecule is CCc1nc(-c2ccc(OCCN3CCCCC3)cc2)sc1C(=O)O. The van der Waals surface area contributed by atoms with Gasteiger partial charge in [0.2, 0.25) is 0 Å². The van der Waals surface area contributed by atoms with E-state index in [0.29, 0.717) is 23.6 Å². The molecular formula is C19H24N2O3S. The second-order valence-corrected chi connectivity index (χ2v) is 7.23. The van der Waals surface area contributed by atoms with Crippen molar-refractivity contribution in [3.63, 3.8) is 0 Å². The molecule has 0 radical (unpaired) electrons. The fraction of sp³-hybridized carbons (Fsp3) is 0.474. The minimum Gasteiger partial charge on any atom is -0.492 e. The molecule has 134 valence electrons. The number of likely N-dealkylation sites (tertiary alicyclic amines) is 1. The van der Waals surface area contributed by atoms with Crippen LogP contribution >= 0.6 is 11.3 Å². The summed E-state index contributed by atoms with van der Waals surface area (Å²) in [5.41, 5.74) is 1.57. The first kappa shape index (κ1) is 17.9. The summed E-state index contributed by atoms with van der Waals surface area (Å²) in [7, 11) is 0. The molecule has 0 aliphatic carbocycles. The van der Waals surface area contributed by atoms with E-state index in [1.54, 1.807) is 0 Å². The maximum Gasteiger partial charge on any atom is 0.347 e. The largest absolute Gasteiger partial charge is 0.492 e. The Bertz CT molecular complexity index is 706. The number of aromatic nitrogens is 1. The molecule has 1 saturated heterocycles. The lowest BCUT2D eigenvalue weighted by Gasteiger charge is -2.26. The predicted molar refractivity (Wildman–Crippen MR) is 99.7 cm³/mol. The molecule has 0 bridgehead atoms. The third-order valence-electron chi connectivity index (χ3n) is 4.45. The van der Waals surface area contributed by atoms with Crippen LogP contribution in [0, 0.1) is 0 Å². The summed E-state index contributed by atoms with van der Waals surface area (Å²) in [4.78, 5) is 18.5. The molecule has 5 nitrogen and oxygen atoms in total. The third kappa shape index (κ3) is 4.58. The van der Waals surface area contributed by atoms with Crippen LogP contribution in [0.25, 0.3) is 10.6 Å². The number of rotatable bonds is 7. The molecule has 2 heterocycles. The molecule has 1 aliphatic heterocycles. The van der Waals surface area contributed by atoms with Crippen molar-refractivity contribution in [2.24, 2.45) is 0 Å². The highest BCUT2D eigenvalue weighted by Gasteiger charge is 2.17. The second kappa shape index (κ2) is 8.45. The number of carboxylic acid groups (broad SMARTS) is 1. The van der Waals surface area contributed by atoms with E-state index in [0.717, 1.165) is 22.9 Å². The molecule has 1 N–H and O–H groups in total. The number of benzene rings is 1. The molecule has 0 unspecified atom stereocenters. The highest BCUT2D eigenvalue weighted by molar-refractivity contribution is 7.17. The van der Waals surface area contributed by atoms with E-state index >= 15 is 0 Å². The van der Waals surface area contributed by atoms with E-state index in [4.69, 9.17) is 4.74 Å². The number of piperidine rings is 1. The minimum absolute atomic E-state index is 0.333. The first-order valence-electron chi connectivity index (χ1n) is 8.86. The zero-order valence-electron chi connectivity index (χ0n) is 14.5. The average Bonchev–Trinajstić information content (AvgIpc) is 3.08. The van der Waals surface area contributed by atoms with Gasteiger partial charge < -0.3 is 9.84 Å². The number of aryl methyl sites for hydroxylation is 1. The Labute approximate surface area is 152 Å². The van der Waals surface area contributed by atoms with Crippen molar-refractivity contribution in [1.29, 1.82) is 0 Å². The van der Waals surface area contributed by atoms with Crippen molar-refractivity contribution in [3.8, 4) is 16.3 Å². The lowest BCUT2D eigenvalue weighted by atomic mass is 10.1. The van der Waals surface area contributed by atoms with E-state index in [9.17, 15) is 9.90 Å². The molecule has 6 heteroatoms. The van der Waals surface area contributed by atoms with Gasteiger partial charge in [-0.05, 0) is 56.6 Å². The lowest BCUT2D eigenvalue weighted by molar-refractivity contribution is 0.0701. The number of aromatic carboxylic acids is 1. The van der Waals surface area contributed by atoms with Gasteiger partial charge in [-0.15, -0.1) is 11.3 Å². The van der Waals surface area contributed by atoms with Crippen molar-refractivity contribution in [1.82, 2.24) is 9.88 Å². The Balaban J connectivity index is 1.59. The maximum absolute atomic E-state index is 11.3. The molecule has 3 rings (SSSR count). The molecule has 0 atom stereocenters. The first-order chi connectivity index (χ1) is 12.2. The minimum atomic E-state index is -0.904. The first-order valence-corrected chi connectivity index (χ1v) is 9.67. The molecule has 25 heavy (non-hydrogen) atoms. The van der Waals surface area contributed by atoms with Crippen LogP contribution in [0.15, 0.2) is 24.3 Å². The number of hydrogen-bond acceptors (Lipinski definition) is 5. The monoisotopic (exact) mass is 360 g/mol. The number of hydrogen-bond donors (Lipinski definition) is 1. The van der Waals surface area contributed by atoms with Crippen molar-refractivity contribution < 1.29 is 14.6 Å². The van der Waals surface area contributed by atoms with Gasteiger partial charge in [-0.1, -0.05) is 13.3 Å². The van der Waals surface area contributed by atoms with Crippen LogP contribution in [0.1, 0.15) is 41.6 Å². The van der Waals surface area contributed by atoms with Gasteiger partial charge in [0.15, 0.2) is 0 Å². The van der Waals surface area contributed by atoms with Crippen molar-refractivity contribution >= 4 is 17.3 Å². The van der Waals surface area contributed by atoms with Crippen LogP contribution in [0.3, 0.4) is 0 Å². The molecule has 1 aliphatic rings. The normalized spacial score (nSPS) is 15.2. The van der Waals surface area contributed by atoms with Gasteiger partial charge in [0, 0.05) is 12.1 Å². The standard InChI is InChI=1S/C19H24N2O3S/c1-2-16-17(19(22)23)25-18(20-16)14-6-8-15(9-7-14)24-13-12-21-10-4-3-5-11-21/h6-9H,2-5,10-13H2,1H3,(H,22,23). The van der Waals surface area contributed by atoms with Crippen LogP contribution in [-0.2, 0) is 6.42 Å². The summed E-state index contributed by atoms with van der Waals surface area (Å²) in [6.07, 6.45) is 4.55. The molecule has 1 aromatic carbocycles. The predicted octanol–water partition coefficient (Wildman–Crippen LogP) is 3.94. The Morgan fingerprint density at radius 1 is 1.24 bits per heavy atom. The van der Waals surface area contributed by atoms with Gasteiger partial charge >= 0.3 is 5.97 Å². The quantitative estimate of drug-likeness (QED) is 0.810. The highest BCUT2D eigenvalue weighted by Crippen LogP contribution is 2.29. The van der Waals surface area contributed by atoms with E-state index in [1.165, 1.54) is 43.7 Å². The molecule has 0 saturated carbocycles. The fourth-order valence-electron chi connectivity index (χ4n) is 3.05. The summed E-state index contributed by atoms with van der Waals surface area (Å²) in [6, 6.07) is 7.75. The summed E-state index contributed by atoms with van der Waals surface area (Å²) in [5, 5.41) is 10.00. The summed E-state index contributed by atoms with van der Waals surface area (Å²) >= 11 is 1.23. The van der Waals surface area contributed by atoms with Crippen molar-refractivity contribution in [2.75, 3.05) is 26.2 Å². The fourth-order valence-corrected chi connectivity index (χ4v) is 4.05. The molecule has 0 amide bonds. The van der Waals surface area contributed by atoms with E-state index in [2.05, 4.69) is 9.88 Å². The van der Waals surface area contributed by atoms with Gasteiger partial charge in [-0.2, -0.15) is 0 Å².